The van der Waals surface area contributed by atoms with Crippen LogP contribution in [-0.4, -0.2) is 27.3 Å². The Bertz CT molecular complexity index is 1160. The zero-order valence-corrected chi connectivity index (χ0v) is 18.9. The lowest BCUT2D eigenvalue weighted by Gasteiger charge is -2.16. The van der Waals surface area contributed by atoms with E-state index in [1.54, 1.807) is 22.0 Å². The van der Waals surface area contributed by atoms with Crippen LogP contribution in [0.15, 0.2) is 46.9 Å². The van der Waals surface area contributed by atoms with Crippen molar-refractivity contribution < 1.29 is 4.79 Å². The summed E-state index contributed by atoms with van der Waals surface area (Å²) < 4.78 is 1.67. The molecule has 1 aliphatic rings. The number of amides is 1. The van der Waals surface area contributed by atoms with Crippen molar-refractivity contribution in [3.05, 3.63) is 63.3 Å². The van der Waals surface area contributed by atoms with Crippen molar-refractivity contribution in [2.24, 2.45) is 0 Å². The van der Waals surface area contributed by atoms with Crippen LogP contribution in [0.3, 0.4) is 0 Å². The van der Waals surface area contributed by atoms with Gasteiger partial charge in [-0.05, 0) is 57.2 Å². The zero-order chi connectivity index (χ0) is 21.3. The van der Waals surface area contributed by atoms with Gasteiger partial charge in [0.2, 0.25) is 5.91 Å². The number of nitrogens with one attached hydrogen (secondary N) is 1. The Labute approximate surface area is 184 Å². The third-order valence-electron chi connectivity index (χ3n) is 5.32. The van der Waals surface area contributed by atoms with E-state index in [1.807, 2.05) is 38.1 Å². The predicted molar refractivity (Wildman–Crippen MR) is 125 cm³/mol. The van der Waals surface area contributed by atoms with E-state index in [2.05, 4.69) is 11.9 Å². The predicted octanol–water partition coefficient (Wildman–Crippen LogP) is 4.42. The summed E-state index contributed by atoms with van der Waals surface area (Å²) in [6, 6.07) is 7.86. The minimum Gasteiger partial charge on any atom is -0.352 e. The molecule has 2 aromatic heterocycles. The van der Waals surface area contributed by atoms with E-state index in [4.69, 9.17) is 4.98 Å². The Morgan fingerprint density at radius 1 is 1.33 bits per heavy atom. The minimum atomic E-state index is -0.388. The quantitative estimate of drug-likeness (QED) is 0.351. The van der Waals surface area contributed by atoms with Crippen molar-refractivity contribution >= 4 is 39.2 Å². The monoisotopic (exact) mass is 439 g/mol. The molecule has 3 aromatic rings. The summed E-state index contributed by atoms with van der Waals surface area (Å²) in [4.78, 5) is 33.1. The number of hydrogen-bond acceptors (Lipinski definition) is 5. The Morgan fingerprint density at radius 3 is 2.80 bits per heavy atom. The standard InChI is InChI=1S/C23H25N3O2S2/c1-4-13-24-20(27)15(3)29-23-25-21-19(17-7-5-6-8-18(17)30-21)22(28)26(23)16-11-9-14(2)10-12-16/h4,9-12,15H,1,5-8,13H2,2-3H3,(H,24,27). The average Bonchev–Trinajstić information content (AvgIpc) is 3.11. The van der Waals surface area contributed by atoms with Crippen LogP contribution < -0.4 is 10.9 Å². The van der Waals surface area contributed by atoms with E-state index in [-0.39, 0.29) is 16.7 Å². The van der Waals surface area contributed by atoms with E-state index < -0.39 is 0 Å². The van der Waals surface area contributed by atoms with Crippen LogP contribution in [0, 0.1) is 6.92 Å². The average molecular weight is 440 g/mol. The molecule has 0 bridgehead atoms. The molecule has 0 aliphatic heterocycles. The number of carbonyl (C=O) groups is 1. The highest BCUT2D eigenvalue weighted by atomic mass is 32.2. The van der Waals surface area contributed by atoms with Gasteiger partial charge in [-0.3, -0.25) is 14.2 Å². The summed E-state index contributed by atoms with van der Waals surface area (Å²) in [5.74, 6) is -0.102. The van der Waals surface area contributed by atoms with Crippen molar-refractivity contribution in [2.45, 2.75) is 49.9 Å². The summed E-state index contributed by atoms with van der Waals surface area (Å²) in [6.07, 6.45) is 5.88. The van der Waals surface area contributed by atoms with Crippen LogP contribution in [0.2, 0.25) is 0 Å². The van der Waals surface area contributed by atoms with Crippen LogP contribution in [-0.2, 0) is 17.6 Å². The van der Waals surface area contributed by atoms with Crippen LogP contribution in [0.25, 0.3) is 15.9 Å². The van der Waals surface area contributed by atoms with Gasteiger partial charge < -0.3 is 5.32 Å². The second-order valence-electron chi connectivity index (χ2n) is 7.56. The fourth-order valence-electron chi connectivity index (χ4n) is 3.72. The second kappa shape index (κ2) is 8.78. The van der Waals surface area contributed by atoms with Gasteiger partial charge in [0.05, 0.1) is 16.3 Å². The number of thiophene rings is 1. The number of thioether (sulfide) groups is 1. The number of aryl methyl sites for hydroxylation is 3. The fourth-order valence-corrected chi connectivity index (χ4v) is 5.97. The highest BCUT2D eigenvalue weighted by Crippen LogP contribution is 2.35. The molecule has 1 N–H and O–H groups in total. The van der Waals surface area contributed by atoms with Crippen LogP contribution in [0.4, 0.5) is 0 Å². The number of carbonyl (C=O) groups excluding carboxylic acids is 1. The van der Waals surface area contributed by atoms with Gasteiger partial charge in [0, 0.05) is 11.4 Å². The van der Waals surface area contributed by atoms with Gasteiger partial charge in [-0.1, -0.05) is 35.5 Å². The zero-order valence-electron chi connectivity index (χ0n) is 17.2. The number of nitrogens with zero attached hydrogens (tertiary/aromatic N) is 2. The first-order valence-corrected chi connectivity index (χ1v) is 11.9. The molecular weight excluding hydrogens is 414 g/mol. The van der Waals surface area contributed by atoms with E-state index in [0.717, 1.165) is 47.2 Å². The van der Waals surface area contributed by atoms with Gasteiger partial charge in [0.15, 0.2) is 5.16 Å². The maximum Gasteiger partial charge on any atom is 0.267 e. The summed E-state index contributed by atoms with van der Waals surface area (Å²) in [5, 5.41) is 3.74. The van der Waals surface area contributed by atoms with Gasteiger partial charge in [0.1, 0.15) is 4.83 Å². The number of benzene rings is 1. The lowest BCUT2D eigenvalue weighted by molar-refractivity contribution is -0.120. The summed E-state index contributed by atoms with van der Waals surface area (Å²) in [6.45, 7) is 7.90. The van der Waals surface area contributed by atoms with Crippen molar-refractivity contribution in [1.29, 1.82) is 0 Å². The van der Waals surface area contributed by atoms with E-state index in [0.29, 0.717) is 11.7 Å². The molecule has 0 saturated carbocycles. The maximum atomic E-state index is 13.7. The van der Waals surface area contributed by atoms with E-state index in [1.165, 1.54) is 22.2 Å². The van der Waals surface area contributed by atoms with E-state index >= 15 is 0 Å². The van der Waals surface area contributed by atoms with Gasteiger partial charge in [-0.25, -0.2) is 4.98 Å². The molecule has 1 unspecified atom stereocenters. The lowest BCUT2D eigenvalue weighted by Crippen LogP contribution is -2.32. The van der Waals surface area contributed by atoms with Crippen molar-refractivity contribution in [3.8, 4) is 5.69 Å². The number of hydrogen-bond donors (Lipinski definition) is 1. The summed E-state index contributed by atoms with van der Waals surface area (Å²) in [5.41, 5.74) is 3.04. The molecule has 5 nitrogen and oxygen atoms in total. The molecule has 7 heteroatoms. The number of aromatic nitrogens is 2. The lowest BCUT2D eigenvalue weighted by atomic mass is 9.97. The Balaban J connectivity index is 1.86. The molecule has 2 heterocycles. The Morgan fingerprint density at radius 2 is 2.07 bits per heavy atom. The third kappa shape index (κ3) is 3.96. The number of rotatable bonds is 6. The molecule has 1 aromatic carbocycles. The van der Waals surface area contributed by atoms with Crippen LogP contribution in [0.5, 0.6) is 0 Å². The van der Waals surface area contributed by atoms with Gasteiger partial charge in [0.25, 0.3) is 5.56 Å². The molecule has 0 radical (unpaired) electrons. The van der Waals surface area contributed by atoms with E-state index in [9.17, 15) is 9.59 Å². The molecule has 0 fully saturated rings. The SMILES string of the molecule is C=CCNC(=O)C(C)Sc1nc2sc3c(c2c(=O)n1-c1ccc(C)cc1)CCCC3. The molecule has 4 rings (SSSR count). The van der Waals surface area contributed by atoms with Crippen LogP contribution >= 0.6 is 23.1 Å². The molecule has 0 spiro atoms. The minimum absolute atomic E-state index is 0.0375. The Hall–Kier alpha value is -2.38. The molecule has 1 amide bonds. The first-order chi connectivity index (χ1) is 14.5. The summed E-state index contributed by atoms with van der Waals surface area (Å²) >= 11 is 2.95. The molecule has 156 valence electrons. The molecular formula is C23H25N3O2S2. The Kier molecular flexibility index (Phi) is 6.11. The van der Waals surface area contributed by atoms with Crippen LogP contribution in [0.1, 0.15) is 35.8 Å². The molecule has 1 atom stereocenters. The van der Waals surface area contributed by atoms with Gasteiger partial charge in [-0.15, -0.1) is 17.9 Å². The van der Waals surface area contributed by atoms with Crippen molar-refractivity contribution in [3.63, 3.8) is 0 Å². The van der Waals surface area contributed by atoms with Gasteiger partial charge >= 0.3 is 0 Å². The molecule has 0 saturated heterocycles. The highest BCUT2D eigenvalue weighted by Gasteiger charge is 2.25. The second-order valence-corrected chi connectivity index (χ2v) is 9.95. The third-order valence-corrected chi connectivity index (χ3v) is 7.56. The maximum absolute atomic E-state index is 13.7. The van der Waals surface area contributed by atoms with Gasteiger partial charge in [-0.2, -0.15) is 0 Å². The topological polar surface area (TPSA) is 64.0 Å². The number of fused-ring (bicyclic) bond motifs is 3. The van der Waals surface area contributed by atoms with Crippen molar-refractivity contribution in [1.82, 2.24) is 14.9 Å². The largest absolute Gasteiger partial charge is 0.352 e. The van der Waals surface area contributed by atoms with Crippen molar-refractivity contribution in [2.75, 3.05) is 6.54 Å². The normalized spacial score (nSPS) is 14.3. The molecule has 1 aliphatic carbocycles. The fraction of sp³-hybridized carbons (Fsp3) is 0.348. The smallest absolute Gasteiger partial charge is 0.267 e. The highest BCUT2D eigenvalue weighted by molar-refractivity contribution is 8.00. The molecule has 30 heavy (non-hydrogen) atoms. The first kappa shape index (κ1) is 20.9. The summed E-state index contributed by atoms with van der Waals surface area (Å²) in [7, 11) is 0. The first-order valence-electron chi connectivity index (χ1n) is 10.2.